The summed E-state index contributed by atoms with van der Waals surface area (Å²) >= 11 is 6.00. The number of piperidine rings is 1. The number of halogens is 1. The van der Waals surface area contributed by atoms with Crippen molar-refractivity contribution < 1.29 is 18.0 Å². The number of carbonyl (C=O) groups excluding carboxylic acids is 2. The summed E-state index contributed by atoms with van der Waals surface area (Å²) in [5, 5.41) is 0.194. The first-order valence-electron chi connectivity index (χ1n) is 7.51. The summed E-state index contributed by atoms with van der Waals surface area (Å²) in [5.41, 5.74) is 0. The van der Waals surface area contributed by atoms with Crippen LogP contribution in [0.1, 0.15) is 25.7 Å². The lowest BCUT2D eigenvalue weighted by molar-refractivity contribution is -0.141. The van der Waals surface area contributed by atoms with E-state index in [0.29, 0.717) is 12.8 Å². The van der Waals surface area contributed by atoms with Crippen LogP contribution in [0, 0.1) is 0 Å². The third-order valence-electron chi connectivity index (χ3n) is 4.33. The number of hydrogen-bond acceptors (Lipinski definition) is 4. The van der Waals surface area contributed by atoms with Gasteiger partial charge < -0.3 is 0 Å². The van der Waals surface area contributed by atoms with Gasteiger partial charge in [-0.3, -0.25) is 14.5 Å². The molecule has 124 valence electrons. The molecule has 8 heteroatoms. The molecule has 0 aromatic heterocycles. The minimum atomic E-state index is -3.65. The van der Waals surface area contributed by atoms with E-state index in [-0.39, 0.29) is 53.7 Å². The Kier molecular flexibility index (Phi) is 4.44. The van der Waals surface area contributed by atoms with Crippen molar-refractivity contribution in [2.45, 2.75) is 36.6 Å². The van der Waals surface area contributed by atoms with Gasteiger partial charge in [-0.25, -0.2) is 8.42 Å². The SMILES string of the molecule is O=C1CCC(=O)N1C1CCN(S(=O)(=O)c2ccccc2Cl)CC1. The molecule has 0 unspecified atom stereocenters. The number of nitrogens with zero attached hydrogens (tertiary/aromatic N) is 2. The molecule has 2 aliphatic rings. The van der Waals surface area contributed by atoms with E-state index in [1.165, 1.54) is 15.3 Å². The molecule has 3 rings (SSSR count). The van der Waals surface area contributed by atoms with Gasteiger partial charge in [0.05, 0.1) is 5.02 Å². The molecule has 0 bridgehead atoms. The minimum absolute atomic E-state index is 0.0911. The van der Waals surface area contributed by atoms with Gasteiger partial charge in [-0.15, -0.1) is 0 Å². The summed E-state index contributed by atoms with van der Waals surface area (Å²) in [6.45, 7) is 0.546. The summed E-state index contributed by atoms with van der Waals surface area (Å²) in [4.78, 5) is 25.0. The number of carbonyl (C=O) groups is 2. The molecule has 23 heavy (non-hydrogen) atoms. The summed E-state index contributed by atoms with van der Waals surface area (Å²) in [7, 11) is -3.65. The minimum Gasteiger partial charge on any atom is -0.279 e. The Morgan fingerprint density at radius 3 is 2.13 bits per heavy atom. The van der Waals surface area contributed by atoms with E-state index in [0.717, 1.165) is 0 Å². The summed E-state index contributed by atoms with van der Waals surface area (Å²) in [6.07, 6.45) is 1.44. The maximum absolute atomic E-state index is 12.7. The molecule has 2 aliphatic heterocycles. The Morgan fingerprint density at radius 2 is 1.57 bits per heavy atom. The lowest BCUT2D eigenvalue weighted by Crippen LogP contribution is -2.48. The summed E-state index contributed by atoms with van der Waals surface area (Å²) in [6, 6.07) is 6.14. The predicted octanol–water partition coefficient (Wildman–Crippen LogP) is 1.64. The molecule has 2 amide bonds. The van der Waals surface area contributed by atoms with Crippen LogP contribution in [0.2, 0.25) is 5.02 Å². The molecule has 0 N–H and O–H groups in total. The van der Waals surface area contributed by atoms with Gasteiger partial charge in [-0.05, 0) is 25.0 Å². The van der Waals surface area contributed by atoms with Crippen molar-refractivity contribution in [2.24, 2.45) is 0 Å². The number of hydrogen-bond donors (Lipinski definition) is 0. The van der Waals surface area contributed by atoms with E-state index in [1.54, 1.807) is 18.2 Å². The Balaban J connectivity index is 1.73. The van der Waals surface area contributed by atoms with Crippen molar-refractivity contribution in [3.8, 4) is 0 Å². The molecule has 6 nitrogen and oxygen atoms in total. The largest absolute Gasteiger partial charge is 0.279 e. The van der Waals surface area contributed by atoms with Crippen LogP contribution in [-0.2, 0) is 19.6 Å². The predicted molar refractivity (Wildman–Crippen MR) is 84.3 cm³/mol. The van der Waals surface area contributed by atoms with Crippen molar-refractivity contribution in [2.75, 3.05) is 13.1 Å². The highest BCUT2D eigenvalue weighted by Gasteiger charge is 2.38. The van der Waals surface area contributed by atoms with E-state index in [4.69, 9.17) is 11.6 Å². The fraction of sp³-hybridized carbons (Fsp3) is 0.467. The third-order valence-corrected chi connectivity index (χ3v) is 6.73. The number of sulfonamides is 1. The van der Waals surface area contributed by atoms with Crippen molar-refractivity contribution in [1.29, 1.82) is 0 Å². The Labute approximate surface area is 140 Å². The number of amides is 2. The van der Waals surface area contributed by atoms with E-state index in [2.05, 4.69) is 0 Å². The van der Waals surface area contributed by atoms with Gasteiger partial charge in [0.1, 0.15) is 4.90 Å². The third kappa shape index (κ3) is 3.00. The number of imide groups is 1. The second kappa shape index (κ2) is 6.22. The number of rotatable bonds is 3. The standard InChI is InChI=1S/C15H17ClN2O4S/c16-12-3-1-2-4-13(12)23(21,22)17-9-7-11(8-10-17)18-14(19)5-6-15(18)20/h1-4,11H,5-10H2. The first-order chi connectivity index (χ1) is 10.9. The van der Waals surface area contributed by atoms with E-state index in [9.17, 15) is 18.0 Å². The molecule has 2 saturated heterocycles. The van der Waals surface area contributed by atoms with E-state index >= 15 is 0 Å². The topological polar surface area (TPSA) is 74.8 Å². The first-order valence-corrected chi connectivity index (χ1v) is 9.32. The van der Waals surface area contributed by atoms with Crippen LogP contribution in [0.15, 0.2) is 29.2 Å². The quantitative estimate of drug-likeness (QED) is 0.772. The molecule has 2 fully saturated rings. The second-order valence-corrected chi connectivity index (χ2v) is 8.04. The average molecular weight is 357 g/mol. The second-order valence-electron chi connectivity index (χ2n) is 5.72. The van der Waals surface area contributed by atoms with Gasteiger partial charge in [-0.2, -0.15) is 4.31 Å². The zero-order valence-electron chi connectivity index (χ0n) is 12.4. The lowest BCUT2D eigenvalue weighted by atomic mass is 10.1. The lowest BCUT2D eigenvalue weighted by Gasteiger charge is -2.35. The molecule has 0 saturated carbocycles. The normalized spacial score (nSPS) is 21.2. The maximum Gasteiger partial charge on any atom is 0.244 e. The number of likely N-dealkylation sites (tertiary alicyclic amines) is 1. The molecule has 1 aromatic rings. The molecule has 0 spiro atoms. The van der Waals surface area contributed by atoms with Crippen molar-refractivity contribution >= 4 is 33.4 Å². The fourth-order valence-electron chi connectivity index (χ4n) is 3.13. The Bertz CT molecular complexity index is 726. The smallest absolute Gasteiger partial charge is 0.244 e. The Hall–Kier alpha value is -1.44. The molecular formula is C15H17ClN2O4S. The highest BCUT2D eigenvalue weighted by molar-refractivity contribution is 7.89. The molecular weight excluding hydrogens is 340 g/mol. The van der Waals surface area contributed by atoms with Gasteiger partial charge in [0.15, 0.2) is 0 Å². The number of benzene rings is 1. The van der Waals surface area contributed by atoms with Gasteiger partial charge in [-0.1, -0.05) is 23.7 Å². The van der Waals surface area contributed by atoms with Gasteiger partial charge >= 0.3 is 0 Å². The highest BCUT2D eigenvalue weighted by Crippen LogP contribution is 2.29. The van der Waals surface area contributed by atoms with Crippen LogP contribution < -0.4 is 0 Å². The zero-order chi connectivity index (χ0) is 16.6. The van der Waals surface area contributed by atoms with Crippen LogP contribution in [-0.4, -0.2) is 48.6 Å². The maximum atomic E-state index is 12.7. The molecule has 0 radical (unpaired) electrons. The van der Waals surface area contributed by atoms with Crippen LogP contribution >= 0.6 is 11.6 Å². The fourth-order valence-corrected chi connectivity index (χ4v) is 5.10. The van der Waals surface area contributed by atoms with Crippen molar-refractivity contribution in [3.05, 3.63) is 29.3 Å². The van der Waals surface area contributed by atoms with Crippen molar-refractivity contribution in [1.82, 2.24) is 9.21 Å². The molecule has 2 heterocycles. The molecule has 0 atom stereocenters. The molecule has 0 aliphatic carbocycles. The van der Waals surface area contributed by atoms with Gasteiger partial charge in [0.25, 0.3) is 0 Å². The monoisotopic (exact) mass is 356 g/mol. The summed E-state index contributed by atoms with van der Waals surface area (Å²) < 4.78 is 26.7. The Morgan fingerprint density at radius 1 is 1.00 bits per heavy atom. The molecule has 1 aromatic carbocycles. The van der Waals surface area contributed by atoms with Gasteiger partial charge in [0, 0.05) is 32.0 Å². The van der Waals surface area contributed by atoms with Crippen LogP contribution in [0.4, 0.5) is 0 Å². The van der Waals surface area contributed by atoms with E-state index < -0.39 is 10.0 Å². The first kappa shape index (κ1) is 16.4. The average Bonchev–Trinajstić information content (AvgIpc) is 2.86. The van der Waals surface area contributed by atoms with Crippen LogP contribution in [0.3, 0.4) is 0 Å². The zero-order valence-corrected chi connectivity index (χ0v) is 14.0. The summed E-state index contributed by atoms with van der Waals surface area (Å²) in [5.74, 6) is -0.301. The van der Waals surface area contributed by atoms with Crippen LogP contribution in [0.5, 0.6) is 0 Å². The van der Waals surface area contributed by atoms with Crippen LogP contribution in [0.25, 0.3) is 0 Å². The highest BCUT2D eigenvalue weighted by atomic mass is 35.5. The van der Waals surface area contributed by atoms with Crippen molar-refractivity contribution in [3.63, 3.8) is 0 Å². The van der Waals surface area contributed by atoms with E-state index in [1.807, 2.05) is 0 Å². The van der Waals surface area contributed by atoms with Gasteiger partial charge in [0.2, 0.25) is 21.8 Å².